The van der Waals surface area contributed by atoms with Crippen molar-refractivity contribution in [2.24, 2.45) is 46.3 Å². The highest BCUT2D eigenvalue weighted by atomic mass is 16.8. The SMILES string of the molecule is CC1OC(OC2C(CO)OC(OC3CCC4(C)C(=CCC5C4CCC4(C)C5CC(=O)C4C(C)C(=O)CCC(CO)CO)C3)C(OC3OC(C)C(O)C(O)C3O)C2O)C(O)C(O)C1O. The fourth-order valence-corrected chi connectivity index (χ4v) is 12.6. The van der Waals surface area contributed by atoms with Crippen LogP contribution in [0, 0.1) is 46.3 Å². The van der Waals surface area contributed by atoms with Crippen LogP contribution in [0.5, 0.6) is 0 Å². The summed E-state index contributed by atoms with van der Waals surface area (Å²) in [6.45, 7) is 8.19. The lowest BCUT2D eigenvalue weighted by molar-refractivity contribution is -0.388. The largest absolute Gasteiger partial charge is 0.396 e. The minimum Gasteiger partial charge on any atom is -0.396 e. The quantitative estimate of drug-likeness (QED) is 0.0957. The maximum Gasteiger partial charge on any atom is 0.187 e. The molecule has 18 heteroatoms. The molecule has 0 aromatic carbocycles. The van der Waals surface area contributed by atoms with Crippen LogP contribution in [0.15, 0.2) is 11.6 Å². The first-order valence-corrected chi connectivity index (χ1v) is 23.1. The number of allylic oxidation sites excluding steroid dienone is 1. The van der Waals surface area contributed by atoms with E-state index in [4.69, 9.17) is 28.4 Å². The number of hydrogen-bond acceptors (Lipinski definition) is 18. The monoisotopic (exact) mass is 900 g/mol. The Kier molecular flexibility index (Phi) is 15.3. The molecule has 0 bridgehead atoms. The van der Waals surface area contributed by atoms with Gasteiger partial charge in [0.15, 0.2) is 18.9 Å². The minimum absolute atomic E-state index is 0.00328. The number of ketones is 2. The van der Waals surface area contributed by atoms with Gasteiger partial charge < -0.3 is 79.5 Å². The Morgan fingerprint density at radius 3 is 1.94 bits per heavy atom. The molecule has 3 aliphatic heterocycles. The number of aliphatic hydroxyl groups is 10. The number of rotatable bonds is 14. The normalized spacial score (nSPS) is 49.5. The lowest BCUT2D eigenvalue weighted by Crippen LogP contribution is -2.66. The molecular formula is C45H72O18. The topological polar surface area (TPSA) is 292 Å². The van der Waals surface area contributed by atoms with E-state index >= 15 is 0 Å². The van der Waals surface area contributed by atoms with Crippen LogP contribution in [0.25, 0.3) is 0 Å². The molecule has 0 amide bonds. The molecule has 18 nitrogen and oxygen atoms in total. The first-order chi connectivity index (χ1) is 29.8. The van der Waals surface area contributed by atoms with Crippen LogP contribution in [0.2, 0.25) is 0 Å². The summed E-state index contributed by atoms with van der Waals surface area (Å²) in [6.07, 6.45) is -15.0. The first-order valence-electron chi connectivity index (χ1n) is 23.1. The van der Waals surface area contributed by atoms with E-state index in [-0.39, 0.29) is 71.6 Å². The van der Waals surface area contributed by atoms with E-state index in [9.17, 15) is 60.7 Å². The Morgan fingerprint density at radius 2 is 1.35 bits per heavy atom. The van der Waals surface area contributed by atoms with E-state index in [1.54, 1.807) is 0 Å². The zero-order valence-corrected chi connectivity index (χ0v) is 37.0. The molecule has 4 aliphatic carbocycles. The van der Waals surface area contributed by atoms with Crippen molar-refractivity contribution in [3.63, 3.8) is 0 Å². The Morgan fingerprint density at radius 1 is 0.746 bits per heavy atom. The molecule has 23 unspecified atom stereocenters. The molecule has 0 aromatic rings. The van der Waals surface area contributed by atoms with Crippen LogP contribution in [-0.4, -0.2) is 181 Å². The van der Waals surface area contributed by atoms with E-state index < -0.39 is 111 Å². The van der Waals surface area contributed by atoms with Gasteiger partial charge in [0.2, 0.25) is 0 Å². The summed E-state index contributed by atoms with van der Waals surface area (Å²) in [4.78, 5) is 27.3. The Balaban J connectivity index is 1.07. The van der Waals surface area contributed by atoms with E-state index in [1.807, 2.05) is 6.92 Å². The van der Waals surface area contributed by atoms with Crippen molar-refractivity contribution >= 4 is 11.6 Å². The summed E-state index contributed by atoms with van der Waals surface area (Å²) in [7, 11) is 0. The molecule has 7 aliphatic rings. The van der Waals surface area contributed by atoms with Crippen molar-refractivity contribution < 1.29 is 89.1 Å². The number of ether oxygens (including phenoxy) is 6. The van der Waals surface area contributed by atoms with Gasteiger partial charge in [-0.25, -0.2) is 0 Å². The molecule has 10 N–H and O–H groups in total. The summed E-state index contributed by atoms with van der Waals surface area (Å²) in [5.41, 5.74) is 0.679. The van der Waals surface area contributed by atoms with E-state index in [1.165, 1.54) is 19.4 Å². The van der Waals surface area contributed by atoms with Crippen LogP contribution in [0.1, 0.15) is 92.4 Å². The highest BCUT2D eigenvalue weighted by molar-refractivity contribution is 5.92. The highest BCUT2D eigenvalue weighted by Gasteiger charge is 2.63. The average molecular weight is 901 g/mol. The number of Topliss-reactive ketones (excluding diaryl/α,β-unsaturated/α-hetero) is 2. The fourth-order valence-electron chi connectivity index (χ4n) is 12.6. The van der Waals surface area contributed by atoms with Crippen molar-refractivity contribution in [1.29, 1.82) is 0 Å². The molecule has 3 heterocycles. The summed E-state index contributed by atoms with van der Waals surface area (Å²) < 4.78 is 36.3. The predicted octanol–water partition coefficient (Wildman–Crippen LogP) is -0.781. The van der Waals surface area contributed by atoms with Gasteiger partial charge in [-0.15, -0.1) is 0 Å². The number of fused-ring (bicyclic) bond motifs is 5. The average Bonchev–Trinajstić information content (AvgIpc) is 3.54. The number of aliphatic hydroxyl groups excluding tert-OH is 10. The van der Waals surface area contributed by atoms with Crippen LogP contribution < -0.4 is 0 Å². The van der Waals surface area contributed by atoms with Gasteiger partial charge in [-0.3, -0.25) is 9.59 Å². The van der Waals surface area contributed by atoms with E-state index in [0.717, 1.165) is 25.7 Å². The highest BCUT2D eigenvalue weighted by Crippen LogP contribution is 2.66. The van der Waals surface area contributed by atoms with Crippen molar-refractivity contribution in [3.05, 3.63) is 11.6 Å². The molecule has 23 atom stereocenters. The van der Waals surface area contributed by atoms with Gasteiger partial charge >= 0.3 is 0 Å². The maximum atomic E-state index is 13.9. The fraction of sp³-hybridized carbons (Fsp3) is 0.911. The summed E-state index contributed by atoms with van der Waals surface area (Å²) in [5, 5.41) is 105. The van der Waals surface area contributed by atoms with Crippen molar-refractivity contribution in [2.75, 3.05) is 19.8 Å². The summed E-state index contributed by atoms with van der Waals surface area (Å²) >= 11 is 0. The smallest absolute Gasteiger partial charge is 0.187 e. The lowest BCUT2D eigenvalue weighted by atomic mass is 9.47. The van der Waals surface area contributed by atoms with Gasteiger partial charge in [-0.05, 0) is 87.4 Å². The maximum absolute atomic E-state index is 13.9. The molecule has 0 spiro atoms. The van der Waals surface area contributed by atoms with Crippen LogP contribution in [0.4, 0.5) is 0 Å². The zero-order chi connectivity index (χ0) is 45.9. The van der Waals surface area contributed by atoms with Crippen molar-refractivity contribution in [2.45, 2.75) is 191 Å². The predicted molar refractivity (Wildman–Crippen MR) is 218 cm³/mol. The molecule has 63 heavy (non-hydrogen) atoms. The summed E-state index contributed by atoms with van der Waals surface area (Å²) in [6, 6.07) is 0. The van der Waals surface area contributed by atoms with Gasteiger partial charge in [-0.1, -0.05) is 32.4 Å². The second-order valence-electron chi connectivity index (χ2n) is 20.3. The van der Waals surface area contributed by atoms with Gasteiger partial charge in [0.05, 0.1) is 24.9 Å². The van der Waals surface area contributed by atoms with E-state index in [0.29, 0.717) is 25.7 Å². The molecule has 0 aromatic heterocycles. The standard InChI is InChI=1S/C45H72O18/c1-19(28(49)9-6-22(16-46)17-47)31-29(50)15-27-25-8-7-23-14-24(10-12-44(23,4)26(25)11-13-45(27,31)5)60-43-40(63-42-37(56)35(54)33(52)21(3)59-42)38(57)39(30(18-48)61-43)62-41-36(55)34(53)32(51)20(2)58-41/h7,19-22,24-27,30-43,46-48,51-57H,6,8-18H2,1-5H3. The van der Waals surface area contributed by atoms with Crippen molar-refractivity contribution in [1.82, 2.24) is 0 Å². The van der Waals surface area contributed by atoms with Crippen LogP contribution in [-0.2, 0) is 38.0 Å². The third-order valence-electron chi connectivity index (χ3n) is 16.6. The Hall–Kier alpha value is -1.56. The first kappa shape index (κ1) is 49.3. The van der Waals surface area contributed by atoms with Gasteiger partial charge in [0.25, 0.3) is 0 Å². The van der Waals surface area contributed by atoms with Crippen LogP contribution in [0.3, 0.4) is 0 Å². The van der Waals surface area contributed by atoms with Crippen LogP contribution >= 0.6 is 0 Å². The van der Waals surface area contributed by atoms with Gasteiger partial charge in [0.1, 0.15) is 72.6 Å². The van der Waals surface area contributed by atoms with Gasteiger partial charge in [-0.2, -0.15) is 0 Å². The van der Waals surface area contributed by atoms with E-state index in [2.05, 4.69) is 19.9 Å². The lowest BCUT2D eigenvalue weighted by Gasteiger charge is -2.58. The van der Waals surface area contributed by atoms with Gasteiger partial charge in [0, 0.05) is 43.8 Å². The molecule has 7 rings (SSSR count). The molecule has 360 valence electrons. The summed E-state index contributed by atoms with van der Waals surface area (Å²) in [5.74, 6) is -0.406. The molecule has 0 radical (unpaired) electrons. The number of carbonyl (C=O) groups is 2. The molecule has 3 saturated heterocycles. The third-order valence-corrected chi connectivity index (χ3v) is 16.6. The molecule has 6 fully saturated rings. The Labute approximate surface area is 368 Å². The number of hydrogen-bond donors (Lipinski definition) is 10. The second kappa shape index (κ2) is 19.6. The number of carbonyl (C=O) groups excluding carboxylic acids is 2. The minimum atomic E-state index is -1.75. The Bertz CT molecular complexity index is 1630. The zero-order valence-electron chi connectivity index (χ0n) is 37.0. The van der Waals surface area contributed by atoms with Crippen molar-refractivity contribution in [3.8, 4) is 0 Å². The molecular weight excluding hydrogens is 828 g/mol. The molecule has 3 saturated carbocycles. The second-order valence-corrected chi connectivity index (χ2v) is 20.3. The third kappa shape index (κ3) is 9.12.